The van der Waals surface area contributed by atoms with Gasteiger partial charge in [0.15, 0.2) is 0 Å². The summed E-state index contributed by atoms with van der Waals surface area (Å²) in [6, 6.07) is 0. The van der Waals surface area contributed by atoms with Crippen molar-refractivity contribution < 1.29 is 0 Å². The van der Waals surface area contributed by atoms with Crippen molar-refractivity contribution in [3.05, 3.63) is 70.5 Å². The highest BCUT2D eigenvalue weighted by Gasteiger charge is 2.11. The third kappa shape index (κ3) is 19.8. The molecule has 2 heteroatoms. The molecule has 1 fully saturated rings. The maximum absolute atomic E-state index is 4.91. The van der Waals surface area contributed by atoms with Crippen LogP contribution in [0.2, 0.25) is 0 Å². The summed E-state index contributed by atoms with van der Waals surface area (Å²) >= 11 is 0. The predicted octanol–water partition coefficient (Wildman–Crippen LogP) is 12.6. The van der Waals surface area contributed by atoms with Crippen LogP contribution in [-0.4, -0.2) is 30.2 Å². The topological polar surface area (TPSA) is 15.6 Å². The van der Waals surface area contributed by atoms with Gasteiger partial charge in [-0.15, -0.1) is 0 Å². The van der Waals surface area contributed by atoms with Crippen molar-refractivity contribution in [1.29, 1.82) is 0 Å². The Bertz CT molecular complexity index is 859. The minimum atomic E-state index is 0.868. The van der Waals surface area contributed by atoms with Crippen LogP contribution in [0.5, 0.6) is 0 Å². The van der Waals surface area contributed by atoms with E-state index in [4.69, 9.17) is 4.99 Å². The second-order valence-electron chi connectivity index (χ2n) is 11.4. The number of nitrogens with zero attached hydrogens (tertiary/aromatic N) is 2. The Labute approximate surface area is 258 Å². The number of hydrogen-bond donors (Lipinski definition) is 0. The molecule has 0 aromatic heterocycles. The highest BCUT2D eigenvalue weighted by atomic mass is 15.1. The summed E-state index contributed by atoms with van der Waals surface area (Å²) in [5.41, 5.74) is 8.46. The Morgan fingerprint density at radius 3 is 1.88 bits per heavy atom. The molecule has 0 unspecified atom stereocenters. The van der Waals surface area contributed by atoms with Crippen LogP contribution in [0.3, 0.4) is 0 Å². The third-order valence-corrected chi connectivity index (χ3v) is 7.59. The lowest BCUT2D eigenvalue weighted by Crippen LogP contribution is -2.28. The average molecular weight is 567 g/mol. The van der Waals surface area contributed by atoms with Crippen molar-refractivity contribution in [2.45, 2.75) is 147 Å². The standard InChI is InChI=1S/C29H48N2.C8H16.C2H6/c1-11-19-31(20-12-2)22-25(9)28(23(6)7)21-24(8)29(15-5)30-26(10)17-16-18-27(13-3)14-4;1-2-8-6-4-3-5-7-8;1-2/h13,15-16,18,21H,9,11-12,14,17,19-20,22H2,1-8,10H3;8H,2-7H2,1H3;1-2H3/b18-16-,24-21+,27-13-,29-15-,30-26?;;. The molecule has 0 spiro atoms. The smallest absolute Gasteiger partial charge is 0.0615 e. The normalized spacial score (nSPS) is 15.3. The quantitative estimate of drug-likeness (QED) is 0.142. The molecule has 236 valence electrons. The van der Waals surface area contributed by atoms with Crippen molar-refractivity contribution in [2.24, 2.45) is 10.9 Å². The van der Waals surface area contributed by atoms with E-state index in [1.54, 1.807) is 0 Å². The second-order valence-corrected chi connectivity index (χ2v) is 11.4. The van der Waals surface area contributed by atoms with E-state index in [1.165, 1.54) is 79.2 Å². The fraction of sp³-hybridized carbons (Fsp3) is 0.667. The summed E-state index contributed by atoms with van der Waals surface area (Å²) in [6.45, 7) is 33.4. The van der Waals surface area contributed by atoms with Crippen LogP contribution in [0.1, 0.15) is 147 Å². The number of hydrogen-bond acceptors (Lipinski definition) is 2. The first-order valence-electron chi connectivity index (χ1n) is 17.0. The average Bonchev–Trinajstić information content (AvgIpc) is 2.98. The summed E-state index contributed by atoms with van der Waals surface area (Å²) in [4.78, 5) is 7.42. The van der Waals surface area contributed by atoms with Gasteiger partial charge in [0.05, 0.1) is 5.70 Å². The zero-order valence-corrected chi connectivity index (χ0v) is 29.8. The van der Waals surface area contributed by atoms with E-state index in [1.807, 2.05) is 13.8 Å². The SMILES string of the molecule is C=C(CN(CCC)CCC)C(/C=C(C)/C(=C/C)N=C(C)C/C=C\C(=C/C)CC)=C(C)C.CC.CCC1CCCCC1. The van der Waals surface area contributed by atoms with Gasteiger partial charge in [-0.25, -0.2) is 0 Å². The molecular weight excluding hydrogens is 496 g/mol. The summed E-state index contributed by atoms with van der Waals surface area (Å²) in [5, 5.41) is 0. The molecule has 0 N–H and O–H groups in total. The molecule has 0 amide bonds. The van der Waals surface area contributed by atoms with Gasteiger partial charge in [0.25, 0.3) is 0 Å². The molecule has 0 aliphatic heterocycles. The lowest BCUT2D eigenvalue weighted by molar-refractivity contribution is 0.299. The van der Waals surface area contributed by atoms with Gasteiger partial charge in [0.2, 0.25) is 0 Å². The molecular formula is C39H70N2. The van der Waals surface area contributed by atoms with Crippen LogP contribution in [-0.2, 0) is 0 Å². The molecule has 1 aliphatic rings. The molecule has 0 saturated heterocycles. The second kappa shape index (κ2) is 26.9. The minimum Gasteiger partial charge on any atom is -0.299 e. The third-order valence-electron chi connectivity index (χ3n) is 7.59. The first-order valence-corrected chi connectivity index (χ1v) is 17.0. The lowest BCUT2D eigenvalue weighted by Gasteiger charge is -2.23. The van der Waals surface area contributed by atoms with E-state index in [9.17, 15) is 0 Å². The number of rotatable bonds is 15. The fourth-order valence-corrected chi connectivity index (χ4v) is 5.17. The van der Waals surface area contributed by atoms with Crippen LogP contribution >= 0.6 is 0 Å². The van der Waals surface area contributed by atoms with Crippen LogP contribution in [0, 0.1) is 5.92 Å². The summed E-state index contributed by atoms with van der Waals surface area (Å²) in [7, 11) is 0. The Morgan fingerprint density at radius 2 is 1.46 bits per heavy atom. The molecule has 41 heavy (non-hydrogen) atoms. The van der Waals surface area contributed by atoms with Crippen LogP contribution in [0.4, 0.5) is 0 Å². The molecule has 0 aromatic rings. The Kier molecular flexibility index (Phi) is 27.1. The van der Waals surface area contributed by atoms with Crippen LogP contribution < -0.4 is 0 Å². The largest absolute Gasteiger partial charge is 0.299 e. The first kappa shape index (κ1) is 41.2. The minimum absolute atomic E-state index is 0.868. The van der Waals surface area contributed by atoms with Gasteiger partial charge in [-0.1, -0.05) is 122 Å². The van der Waals surface area contributed by atoms with E-state index >= 15 is 0 Å². The van der Waals surface area contributed by atoms with Crippen LogP contribution in [0.25, 0.3) is 0 Å². The van der Waals surface area contributed by atoms with E-state index in [2.05, 4.69) is 111 Å². The highest BCUT2D eigenvalue weighted by Crippen LogP contribution is 2.25. The number of allylic oxidation sites excluding steroid dienone is 8. The van der Waals surface area contributed by atoms with Crippen molar-refractivity contribution in [3.63, 3.8) is 0 Å². The van der Waals surface area contributed by atoms with Gasteiger partial charge in [-0.05, 0) is 103 Å². The van der Waals surface area contributed by atoms with Crippen LogP contribution in [0.15, 0.2) is 75.5 Å². The maximum Gasteiger partial charge on any atom is 0.0615 e. The Hall–Kier alpha value is -1.93. The monoisotopic (exact) mass is 567 g/mol. The highest BCUT2D eigenvalue weighted by molar-refractivity contribution is 5.84. The van der Waals surface area contributed by atoms with E-state index in [-0.39, 0.29) is 0 Å². The molecule has 0 radical (unpaired) electrons. The summed E-state index contributed by atoms with van der Waals surface area (Å²) in [5.74, 6) is 1.09. The van der Waals surface area contributed by atoms with E-state index < -0.39 is 0 Å². The van der Waals surface area contributed by atoms with Gasteiger partial charge in [-0.3, -0.25) is 9.89 Å². The molecule has 1 aliphatic carbocycles. The Balaban J connectivity index is 0. The van der Waals surface area contributed by atoms with Crippen molar-refractivity contribution in [2.75, 3.05) is 19.6 Å². The van der Waals surface area contributed by atoms with Crippen molar-refractivity contribution >= 4 is 5.71 Å². The van der Waals surface area contributed by atoms with E-state index in [0.29, 0.717) is 0 Å². The molecule has 1 rings (SSSR count). The fourth-order valence-electron chi connectivity index (χ4n) is 5.17. The first-order chi connectivity index (χ1) is 19.7. The molecule has 2 nitrogen and oxygen atoms in total. The van der Waals surface area contributed by atoms with Gasteiger partial charge in [0.1, 0.15) is 0 Å². The van der Waals surface area contributed by atoms with Gasteiger partial charge in [0, 0.05) is 18.7 Å². The van der Waals surface area contributed by atoms with Gasteiger partial charge >= 0.3 is 0 Å². The molecule has 0 aromatic carbocycles. The van der Waals surface area contributed by atoms with E-state index in [0.717, 1.165) is 49.8 Å². The zero-order valence-electron chi connectivity index (χ0n) is 29.8. The van der Waals surface area contributed by atoms with Gasteiger partial charge < -0.3 is 0 Å². The van der Waals surface area contributed by atoms with Gasteiger partial charge in [-0.2, -0.15) is 0 Å². The summed E-state index contributed by atoms with van der Waals surface area (Å²) < 4.78 is 0. The molecule has 0 bridgehead atoms. The maximum atomic E-state index is 4.91. The molecule has 0 heterocycles. The van der Waals surface area contributed by atoms with Crippen molar-refractivity contribution in [3.8, 4) is 0 Å². The lowest BCUT2D eigenvalue weighted by atomic mass is 9.88. The zero-order chi connectivity index (χ0) is 31.6. The number of aliphatic imine (C=N–C) groups is 1. The molecule has 0 atom stereocenters. The summed E-state index contributed by atoms with van der Waals surface area (Å²) in [6.07, 6.45) is 24.2. The molecule has 1 saturated carbocycles. The van der Waals surface area contributed by atoms with Crippen molar-refractivity contribution in [1.82, 2.24) is 4.90 Å². The Morgan fingerprint density at radius 1 is 0.878 bits per heavy atom. The predicted molar refractivity (Wildman–Crippen MR) is 191 cm³/mol.